The van der Waals surface area contributed by atoms with Crippen molar-refractivity contribution in [1.29, 1.82) is 0 Å². The van der Waals surface area contributed by atoms with Gasteiger partial charge in [-0.1, -0.05) is 23.7 Å². The molecule has 0 aromatic heterocycles. The molecule has 2 rings (SSSR count). The highest BCUT2D eigenvalue weighted by Crippen LogP contribution is 2.26. The molecule has 0 bridgehead atoms. The zero-order chi connectivity index (χ0) is 18.1. The van der Waals surface area contributed by atoms with Crippen molar-refractivity contribution in [3.05, 3.63) is 34.9 Å². The number of rotatable bonds is 9. The van der Waals surface area contributed by atoms with E-state index < -0.39 is 6.03 Å². The van der Waals surface area contributed by atoms with Crippen LogP contribution in [0.4, 0.5) is 4.79 Å². The molecule has 1 aliphatic rings. The number of carbonyl (C=O) groups is 2. The second kappa shape index (κ2) is 10.3. The molecule has 7 heteroatoms. The second-order valence-corrected chi connectivity index (χ2v) is 6.80. The third-order valence-electron chi connectivity index (χ3n) is 4.44. The summed E-state index contributed by atoms with van der Waals surface area (Å²) in [4.78, 5) is 25.1. The van der Waals surface area contributed by atoms with Crippen LogP contribution in [-0.4, -0.2) is 43.0 Å². The predicted molar refractivity (Wildman–Crippen MR) is 99.4 cm³/mol. The average Bonchev–Trinajstić information content (AvgIpc) is 3.09. The number of carbonyl (C=O) groups excluding carboxylic acids is 2. The van der Waals surface area contributed by atoms with Crippen LogP contribution in [0.2, 0.25) is 5.02 Å². The van der Waals surface area contributed by atoms with Gasteiger partial charge >= 0.3 is 6.03 Å². The molecule has 0 spiro atoms. The maximum absolute atomic E-state index is 12.1. The van der Waals surface area contributed by atoms with Crippen LogP contribution in [0.25, 0.3) is 0 Å². The molecular weight excluding hydrogens is 340 g/mol. The van der Waals surface area contributed by atoms with Crippen molar-refractivity contribution in [3.63, 3.8) is 0 Å². The highest BCUT2D eigenvalue weighted by molar-refractivity contribution is 6.30. The standard InChI is InChI=1S/C18H27ClN4O2/c19-15-7-5-6-14(12-15)16(23-10-3-4-11-23)13-22-17(24)8-1-2-9-21-18(20)25/h5-7,12,16H,1-4,8-11,13H2,(H,22,24)(H3,20,21,25). The Kier molecular flexibility index (Phi) is 8.01. The van der Waals surface area contributed by atoms with Gasteiger partial charge in [0.2, 0.25) is 5.91 Å². The fourth-order valence-corrected chi connectivity index (χ4v) is 3.34. The first-order chi connectivity index (χ1) is 12.1. The van der Waals surface area contributed by atoms with Crippen LogP contribution >= 0.6 is 11.6 Å². The lowest BCUT2D eigenvalue weighted by molar-refractivity contribution is -0.121. The van der Waals surface area contributed by atoms with Gasteiger partial charge in [0.05, 0.1) is 6.04 Å². The van der Waals surface area contributed by atoms with E-state index in [-0.39, 0.29) is 11.9 Å². The summed E-state index contributed by atoms with van der Waals surface area (Å²) < 4.78 is 0. The van der Waals surface area contributed by atoms with Crippen molar-refractivity contribution < 1.29 is 9.59 Å². The van der Waals surface area contributed by atoms with E-state index in [1.807, 2.05) is 18.2 Å². The minimum Gasteiger partial charge on any atom is -0.354 e. The SMILES string of the molecule is NC(=O)NCCCCC(=O)NCC(c1cccc(Cl)c1)N1CCCC1. The normalized spacial score (nSPS) is 15.7. The molecule has 0 aliphatic carbocycles. The number of hydrogen-bond acceptors (Lipinski definition) is 3. The summed E-state index contributed by atoms with van der Waals surface area (Å²) in [5.74, 6) is 0.0327. The molecule has 138 valence electrons. The first-order valence-corrected chi connectivity index (χ1v) is 9.23. The quantitative estimate of drug-likeness (QED) is 0.586. The van der Waals surface area contributed by atoms with Crippen LogP contribution < -0.4 is 16.4 Å². The fourth-order valence-electron chi connectivity index (χ4n) is 3.15. The van der Waals surface area contributed by atoms with Gasteiger partial charge in [0.15, 0.2) is 0 Å². The van der Waals surface area contributed by atoms with E-state index in [0.29, 0.717) is 19.5 Å². The van der Waals surface area contributed by atoms with Crippen LogP contribution in [0.5, 0.6) is 0 Å². The zero-order valence-electron chi connectivity index (χ0n) is 14.5. The molecule has 1 atom stereocenters. The van der Waals surface area contributed by atoms with Crippen molar-refractivity contribution in [2.75, 3.05) is 26.2 Å². The Balaban J connectivity index is 1.81. The topological polar surface area (TPSA) is 87.5 Å². The van der Waals surface area contributed by atoms with Crippen LogP contribution in [-0.2, 0) is 4.79 Å². The molecule has 3 amide bonds. The summed E-state index contributed by atoms with van der Waals surface area (Å²) in [6.45, 7) is 3.18. The first-order valence-electron chi connectivity index (χ1n) is 8.86. The summed E-state index contributed by atoms with van der Waals surface area (Å²) in [6, 6.07) is 7.49. The van der Waals surface area contributed by atoms with Gasteiger partial charge in [-0.15, -0.1) is 0 Å². The predicted octanol–water partition coefficient (Wildman–Crippen LogP) is 2.43. The number of nitrogens with one attached hydrogen (secondary N) is 2. The third kappa shape index (κ3) is 6.92. The number of nitrogens with zero attached hydrogens (tertiary/aromatic N) is 1. The molecule has 4 N–H and O–H groups in total. The van der Waals surface area contributed by atoms with Crippen molar-refractivity contribution in [2.45, 2.75) is 38.1 Å². The number of nitrogens with two attached hydrogens (primary N) is 1. The number of hydrogen-bond donors (Lipinski definition) is 3. The van der Waals surface area contributed by atoms with E-state index in [4.69, 9.17) is 17.3 Å². The Morgan fingerprint density at radius 1 is 1.20 bits per heavy atom. The lowest BCUT2D eigenvalue weighted by Crippen LogP contribution is -2.36. The van der Waals surface area contributed by atoms with E-state index in [1.165, 1.54) is 12.8 Å². The van der Waals surface area contributed by atoms with E-state index >= 15 is 0 Å². The molecule has 1 unspecified atom stereocenters. The first kappa shape index (κ1) is 19.5. The van der Waals surface area contributed by atoms with Crippen molar-refractivity contribution in [1.82, 2.24) is 15.5 Å². The van der Waals surface area contributed by atoms with Gasteiger partial charge in [-0.2, -0.15) is 0 Å². The van der Waals surface area contributed by atoms with Crippen molar-refractivity contribution in [3.8, 4) is 0 Å². The molecule has 1 fully saturated rings. The number of primary amides is 1. The molecule has 1 saturated heterocycles. The summed E-state index contributed by atoms with van der Waals surface area (Å²) in [5, 5.41) is 6.28. The van der Waals surface area contributed by atoms with Gasteiger partial charge in [0.1, 0.15) is 0 Å². The maximum Gasteiger partial charge on any atom is 0.312 e. The molecule has 1 aromatic rings. The maximum atomic E-state index is 12.1. The van der Waals surface area contributed by atoms with Gasteiger partial charge in [-0.05, 0) is 56.5 Å². The number of likely N-dealkylation sites (tertiary alicyclic amines) is 1. The lowest BCUT2D eigenvalue weighted by Gasteiger charge is -2.28. The Morgan fingerprint density at radius 2 is 1.96 bits per heavy atom. The minimum absolute atomic E-state index is 0.0327. The number of unbranched alkanes of at least 4 members (excludes halogenated alkanes) is 1. The second-order valence-electron chi connectivity index (χ2n) is 6.37. The van der Waals surface area contributed by atoms with Crippen molar-refractivity contribution in [2.24, 2.45) is 5.73 Å². The van der Waals surface area contributed by atoms with Gasteiger partial charge in [-0.25, -0.2) is 4.79 Å². The minimum atomic E-state index is -0.528. The Labute approximate surface area is 154 Å². The molecule has 0 radical (unpaired) electrons. The van der Waals surface area contributed by atoms with Gasteiger partial charge < -0.3 is 16.4 Å². The highest BCUT2D eigenvalue weighted by Gasteiger charge is 2.24. The van der Waals surface area contributed by atoms with Crippen LogP contribution in [0.3, 0.4) is 0 Å². The summed E-state index contributed by atoms with van der Waals surface area (Å²) in [7, 11) is 0. The highest BCUT2D eigenvalue weighted by atomic mass is 35.5. The Morgan fingerprint density at radius 3 is 2.64 bits per heavy atom. The van der Waals surface area contributed by atoms with Gasteiger partial charge in [-0.3, -0.25) is 9.69 Å². The number of halogens is 1. The summed E-state index contributed by atoms with van der Waals surface area (Å²) >= 11 is 6.13. The number of amides is 3. The van der Waals surface area contributed by atoms with Crippen LogP contribution in [0.1, 0.15) is 43.7 Å². The molecular formula is C18H27ClN4O2. The fraction of sp³-hybridized carbons (Fsp3) is 0.556. The Bertz CT molecular complexity index is 576. The van der Waals surface area contributed by atoms with E-state index in [1.54, 1.807) is 0 Å². The van der Waals surface area contributed by atoms with E-state index in [2.05, 4.69) is 21.6 Å². The average molecular weight is 367 g/mol. The van der Waals surface area contributed by atoms with E-state index in [9.17, 15) is 9.59 Å². The molecule has 25 heavy (non-hydrogen) atoms. The Hall–Kier alpha value is -1.79. The van der Waals surface area contributed by atoms with Gasteiger partial charge in [0, 0.05) is 24.5 Å². The van der Waals surface area contributed by atoms with Gasteiger partial charge in [0.25, 0.3) is 0 Å². The largest absolute Gasteiger partial charge is 0.354 e. The monoisotopic (exact) mass is 366 g/mol. The lowest BCUT2D eigenvalue weighted by atomic mass is 10.1. The smallest absolute Gasteiger partial charge is 0.312 e. The zero-order valence-corrected chi connectivity index (χ0v) is 15.2. The van der Waals surface area contributed by atoms with Crippen LogP contribution in [0.15, 0.2) is 24.3 Å². The molecule has 1 aromatic carbocycles. The molecule has 1 heterocycles. The molecule has 0 saturated carbocycles. The number of benzene rings is 1. The molecule has 1 aliphatic heterocycles. The summed E-state index contributed by atoms with van der Waals surface area (Å²) in [5.41, 5.74) is 6.14. The van der Waals surface area contributed by atoms with Crippen molar-refractivity contribution >= 4 is 23.5 Å². The number of urea groups is 1. The van der Waals surface area contributed by atoms with E-state index in [0.717, 1.165) is 36.5 Å². The summed E-state index contributed by atoms with van der Waals surface area (Å²) in [6.07, 6.45) is 4.29. The van der Waals surface area contributed by atoms with Crippen LogP contribution in [0, 0.1) is 0 Å². The third-order valence-corrected chi connectivity index (χ3v) is 4.67. The molecule has 6 nitrogen and oxygen atoms in total.